The Balaban J connectivity index is 1.16. The van der Waals surface area contributed by atoms with Gasteiger partial charge in [0.1, 0.15) is 0 Å². The minimum atomic E-state index is -0.599. The highest BCUT2D eigenvalue weighted by Crippen LogP contribution is 2.64. The van der Waals surface area contributed by atoms with Crippen LogP contribution in [0.2, 0.25) is 0 Å². The van der Waals surface area contributed by atoms with Crippen molar-refractivity contribution in [3.8, 4) is 22.3 Å². The van der Waals surface area contributed by atoms with E-state index < -0.39 is 5.41 Å². The Kier molecular flexibility index (Phi) is 8.03. The van der Waals surface area contributed by atoms with Gasteiger partial charge in [0, 0.05) is 53.9 Å². The quantitative estimate of drug-likeness (QED) is 0.163. The number of nitrogens with zero attached hydrogens (tertiary/aromatic N) is 2. The molecular formula is C66H53BN2S. The molecule has 2 nitrogen and oxygen atoms in total. The Labute approximate surface area is 416 Å². The van der Waals surface area contributed by atoms with E-state index in [2.05, 4.69) is 239 Å². The molecular weight excluding hydrogens is 864 g/mol. The smallest absolute Gasteiger partial charge is 0.333 e. The lowest BCUT2D eigenvalue weighted by atomic mass is 9.41. The fourth-order valence-corrected chi connectivity index (χ4v) is 15.6. The Morgan fingerprint density at radius 2 is 1.13 bits per heavy atom. The highest BCUT2D eigenvalue weighted by molar-refractivity contribution is 7.26. The zero-order valence-electron chi connectivity index (χ0n) is 40.7. The van der Waals surface area contributed by atoms with E-state index >= 15 is 0 Å². The lowest BCUT2D eigenvalue weighted by Crippen LogP contribution is -2.63. The van der Waals surface area contributed by atoms with E-state index in [0.29, 0.717) is 0 Å². The summed E-state index contributed by atoms with van der Waals surface area (Å²) < 4.78 is 2.66. The maximum atomic E-state index is 2.80. The predicted molar refractivity (Wildman–Crippen MR) is 298 cm³/mol. The van der Waals surface area contributed by atoms with Crippen molar-refractivity contribution in [3.05, 3.63) is 233 Å². The average Bonchev–Trinajstić information content (AvgIpc) is 3.88. The van der Waals surface area contributed by atoms with E-state index in [4.69, 9.17) is 0 Å². The lowest BCUT2D eigenvalue weighted by Gasteiger charge is -2.53. The maximum Gasteiger partial charge on any atom is 0.333 e. The predicted octanol–water partition coefficient (Wildman–Crippen LogP) is 16.1. The van der Waals surface area contributed by atoms with E-state index in [1.54, 1.807) is 0 Å². The van der Waals surface area contributed by atoms with Gasteiger partial charge in [-0.05, 0) is 138 Å². The van der Waals surface area contributed by atoms with Crippen molar-refractivity contribution in [1.29, 1.82) is 0 Å². The van der Waals surface area contributed by atoms with Gasteiger partial charge in [-0.15, -0.1) is 11.3 Å². The molecule has 3 aliphatic heterocycles. The van der Waals surface area contributed by atoms with E-state index in [-0.39, 0.29) is 23.1 Å². The van der Waals surface area contributed by atoms with Gasteiger partial charge in [0.15, 0.2) is 0 Å². The minimum Gasteiger partial charge on any atom is -0.376 e. The van der Waals surface area contributed by atoms with Crippen LogP contribution in [0.15, 0.2) is 188 Å². The van der Waals surface area contributed by atoms with E-state index in [0.717, 1.165) is 6.42 Å². The van der Waals surface area contributed by atoms with Crippen LogP contribution in [0.5, 0.6) is 0 Å². The van der Waals surface area contributed by atoms with Crippen LogP contribution in [0, 0.1) is 0 Å². The van der Waals surface area contributed by atoms with Gasteiger partial charge in [0.2, 0.25) is 0 Å². The summed E-state index contributed by atoms with van der Waals surface area (Å²) in [4.78, 5) is 5.56. The number of fused-ring (bicyclic) bond motifs is 15. The van der Waals surface area contributed by atoms with Crippen molar-refractivity contribution in [2.75, 3.05) is 9.71 Å². The summed E-state index contributed by atoms with van der Waals surface area (Å²) in [7, 11) is 0. The molecule has 0 amide bonds. The van der Waals surface area contributed by atoms with Gasteiger partial charge in [0.25, 0.3) is 0 Å². The first-order valence-electron chi connectivity index (χ1n) is 25.3. The molecule has 2 aliphatic carbocycles. The highest BCUT2D eigenvalue weighted by atomic mass is 32.1. The molecule has 0 saturated carbocycles. The topological polar surface area (TPSA) is 6.48 Å². The molecule has 1 aromatic heterocycles. The van der Waals surface area contributed by atoms with Crippen LogP contribution in [0.4, 0.5) is 28.4 Å². The Bertz CT molecular complexity index is 3860. The normalized spacial score (nSPS) is 17.5. The standard InChI is InChI=1S/C66H53BN2S/c1-63(2)36-37-64(3,4)51-38-42(32-33-48(51)63)69-54-34-35-56-58(44-25-14-18-31-55(44)70-56)57(54)46-39-45-43-24-13-15-26-47(43)65(5,6)59(45)62-60(46)67(69)52-29-19-28-50-61(52)68(62)53-30-17-16-27-49(53)66(50,40-20-9-7-10-21-40)41-22-11-8-12-23-41/h7-35,38-39H,36-37H2,1-6H3. The molecule has 70 heavy (non-hydrogen) atoms. The summed E-state index contributed by atoms with van der Waals surface area (Å²) in [6.07, 6.45) is 2.34. The van der Waals surface area contributed by atoms with Crippen LogP contribution >= 0.6 is 11.3 Å². The lowest BCUT2D eigenvalue weighted by molar-refractivity contribution is 0.332. The third kappa shape index (κ3) is 5.00. The van der Waals surface area contributed by atoms with E-state index in [9.17, 15) is 0 Å². The zero-order chi connectivity index (χ0) is 47.1. The number of para-hydroxylation sites is 2. The zero-order valence-corrected chi connectivity index (χ0v) is 41.5. The molecule has 0 bridgehead atoms. The third-order valence-electron chi connectivity index (χ3n) is 17.7. The van der Waals surface area contributed by atoms with Gasteiger partial charge in [-0.1, -0.05) is 187 Å². The number of hydrogen-bond acceptors (Lipinski definition) is 3. The highest BCUT2D eigenvalue weighted by Gasteiger charge is 2.56. The molecule has 0 spiro atoms. The van der Waals surface area contributed by atoms with Crippen LogP contribution in [-0.4, -0.2) is 6.85 Å². The summed E-state index contributed by atoms with van der Waals surface area (Å²) in [6, 6.07) is 72.9. The SMILES string of the molecule is CC1(C)CCC(C)(C)c2cc(N3B4c5cccc6c5N(c5ccccc5C6(c5ccccc5)c5ccccc5)c5c4c(cc4c5C(C)(C)c5ccccc5-4)-c4c3ccc3sc5ccccc5c43)ccc21. The van der Waals surface area contributed by atoms with Crippen molar-refractivity contribution >= 4 is 77.7 Å². The molecule has 5 aliphatic rings. The Morgan fingerprint density at radius 1 is 0.471 bits per heavy atom. The first-order valence-corrected chi connectivity index (χ1v) is 26.2. The van der Waals surface area contributed by atoms with Gasteiger partial charge in [0.05, 0.1) is 11.1 Å². The molecule has 4 heteroatoms. The maximum absolute atomic E-state index is 2.80. The summed E-state index contributed by atoms with van der Waals surface area (Å²) in [5.74, 6) is 0. The molecule has 4 heterocycles. The monoisotopic (exact) mass is 916 g/mol. The molecule has 9 aromatic carbocycles. The summed E-state index contributed by atoms with van der Waals surface area (Å²) in [5.41, 5.74) is 24.7. The van der Waals surface area contributed by atoms with Crippen molar-refractivity contribution in [3.63, 3.8) is 0 Å². The van der Waals surface area contributed by atoms with Crippen LogP contribution in [0.3, 0.4) is 0 Å². The molecule has 0 radical (unpaired) electrons. The first kappa shape index (κ1) is 40.7. The largest absolute Gasteiger partial charge is 0.376 e. The second-order valence-corrected chi connectivity index (χ2v) is 23.6. The van der Waals surface area contributed by atoms with Gasteiger partial charge >= 0.3 is 6.85 Å². The molecule has 0 saturated heterocycles. The van der Waals surface area contributed by atoms with Crippen molar-refractivity contribution < 1.29 is 0 Å². The fourth-order valence-electron chi connectivity index (χ4n) is 14.5. The molecule has 15 rings (SSSR count). The molecule has 0 fully saturated rings. The van der Waals surface area contributed by atoms with Crippen molar-refractivity contribution in [1.82, 2.24) is 0 Å². The van der Waals surface area contributed by atoms with Gasteiger partial charge in [-0.3, -0.25) is 0 Å². The van der Waals surface area contributed by atoms with Crippen LogP contribution in [-0.2, 0) is 21.7 Å². The molecule has 336 valence electrons. The molecule has 0 atom stereocenters. The molecule has 0 unspecified atom stereocenters. The van der Waals surface area contributed by atoms with Crippen LogP contribution < -0.4 is 20.6 Å². The first-order chi connectivity index (χ1) is 34.0. The number of thiophene rings is 1. The van der Waals surface area contributed by atoms with Gasteiger partial charge in [-0.2, -0.15) is 0 Å². The van der Waals surface area contributed by atoms with Crippen molar-refractivity contribution in [2.45, 2.75) is 76.0 Å². The second kappa shape index (κ2) is 13.8. The van der Waals surface area contributed by atoms with Crippen LogP contribution in [0.25, 0.3) is 42.4 Å². The fraction of sp³-hybridized carbons (Fsp3) is 0.182. The van der Waals surface area contributed by atoms with Crippen molar-refractivity contribution in [2.24, 2.45) is 0 Å². The third-order valence-corrected chi connectivity index (χ3v) is 18.9. The number of benzene rings is 9. The summed E-state index contributed by atoms with van der Waals surface area (Å²) in [6.45, 7) is 14.7. The molecule has 10 aromatic rings. The number of rotatable bonds is 3. The second-order valence-electron chi connectivity index (χ2n) is 22.6. The number of anilines is 5. The van der Waals surface area contributed by atoms with E-state index in [1.807, 2.05) is 11.3 Å². The van der Waals surface area contributed by atoms with E-state index in [1.165, 1.54) is 133 Å². The summed E-state index contributed by atoms with van der Waals surface area (Å²) >= 11 is 1.92. The average molecular weight is 917 g/mol. The Hall–Kier alpha value is -7.14. The molecule has 0 N–H and O–H groups in total. The van der Waals surface area contributed by atoms with Crippen LogP contribution in [0.1, 0.15) is 98.9 Å². The Morgan fingerprint density at radius 3 is 1.90 bits per heavy atom. The summed E-state index contributed by atoms with van der Waals surface area (Å²) in [5, 5.41) is 2.69. The number of hydrogen-bond donors (Lipinski definition) is 0. The van der Waals surface area contributed by atoms with Gasteiger partial charge in [-0.25, -0.2) is 0 Å². The van der Waals surface area contributed by atoms with Gasteiger partial charge < -0.3 is 9.71 Å². The minimum absolute atomic E-state index is 0.0383.